The first-order valence-corrected chi connectivity index (χ1v) is 9.44. The van der Waals surface area contributed by atoms with Crippen LogP contribution in [-0.4, -0.2) is 45.8 Å². The highest BCUT2D eigenvalue weighted by Crippen LogP contribution is 2.24. The number of rotatable bonds is 3. The van der Waals surface area contributed by atoms with E-state index in [0.29, 0.717) is 5.78 Å². The van der Waals surface area contributed by atoms with E-state index in [1.54, 1.807) is 0 Å². The van der Waals surface area contributed by atoms with Crippen molar-refractivity contribution in [2.45, 2.75) is 45.4 Å². The van der Waals surface area contributed by atoms with Crippen LogP contribution in [0.2, 0.25) is 0 Å². The second-order valence-electron chi connectivity index (χ2n) is 6.84. The summed E-state index contributed by atoms with van der Waals surface area (Å²) in [4.78, 5) is 24.6. The molecule has 0 unspecified atom stereocenters. The molecule has 7 nitrogen and oxygen atoms in total. The van der Waals surface area contributed by atoms with Gasteiger partial charge in [0.05, 0.1) is 5.69 Å². The maximum atomic E-state index is 13.1. The molecule has 134 valence electrons. The van der Waals surface area contributed by atoms with Crippen molar-refractivity contribution < 1.29 is 0 Å². The molecule has 0 radical (unpaired) electrons. The molecule has 0 saturated carbocycles. The van der Waals surface area contributed by atoms with Gasteiger partial charge in [0, 0.05) is 26.2 Å². The van der Waals surface area contributed by atoms with Gasteiger partial charge in [-0.15, -0.1) is 0 Å². The van der Waals surface area contributed by atoms with Crippen LogP contribution in [0, 0.1) is 0 Å². The van der Waals surface area contributed by atoms with Gasteiger partial charge in [0.1, 0.15) is 5.69 Å². The van der Waals surface area contributed by atoms with E-state index < -0.39 is 0 Å². The minimum absolute atomic E-state index is 0.0308. The molecule has 25 heavy (non-hydrogen) atoms. The first-order chi connectivity index (χ1) is 12.3. The van der Waals surface area contributed by atoms with Crippen LogP contribution in [0.15, 0.2) is 10.9 Å². The summed E-state index contributed by atoms with van der Waals surface area (Å²) in [7, 11) is 0. The zero-order valence-corrected chi connectivity index (χ0v) is 14.8. The average Bonchev–Trinajstić information content (AvgIpc) is 2.89. The summed E-state index contributed by atoms with van der Waals surface area (Å²) in [6, 6.07) is 0. The van der Waals surface area contributed by atoms with Crippen LogP contribution in [-0.2, 0) is 6.42 Å². The Morgan fingerprint density at radius 3 is 2.80 bits per heavy atom. The van der Waals surface area contributed by atoms with Crippen molar-refractivity contribution in [1.29, 1.82) is 0 Å². The maximum absolute atomic E-state index is 13.1. The highest BCUT2D eigenvalue weighted by Gasteiger charge is 2.22. The lowest BCUT2D eigenvalue weighted by Crippen LogP contribution is -2.46. The Hall–Kier alpha value is -2.15. The molecular weight excluding hydrogens is 316 g/mol. The van der Waals surface area contributed by atoms with E-state index in [0.717, 1.165) is 62.6 Å². The van der Waals surface area contributed by atoms with Crippen LogP contribution < -0.4 is 15.8 Å². The summed E-state index contributed by atoms with van der Waals surface area (Å²) in [6.45, 7) is 5.51. The van der Waals surface area contributed by atoms with E-state index >= 15 is 0 Å². The number of fused-ring (bicyclic) bond motifs is 1. The Balaban J connectivity index is 1.80. The molecule has 2 aliphatic rings. The fourth-order valence-corrected chi connectivity index (χ4v) is 3.78. The van der Waals surface area contributed by atoms with E-state index in [1.807, 2.05) is 6.92 Å². The first kappa shape index (κ1) is 16.3. The summed E-state index contributed by atoms with van der Waals surface area (Å²) >= 11 is 0. The van der Waals surface area contributed by atoms with Crippen LogP contribution >= 0.6 is 0 Å². The quantitative estimate of drug-likeness (QED) is 0.888. The number of nitrogens with one attached hydrogen (secondary N) is 2. The number of piperazine rings is 1. The fraction of sp³-hybridized carbons (Fsp3) is 0.611. The van der Waals surface area contributed by atoms with Crippen molar-refractivity contribution in [2.24, 2.45) is 0 Å². The molecule has 2 aromatic heterocycles. The van der Waals surface area contributed by atoms with Crippen LogP contribution in [0.3, 0.4) is 0 Å². The van der Waals surface area contributed by atoms with Gasteiger partial charge in [-0.05, 0) is 37.7 Å². The topological polar surface area (TPSA) is 78.3 Å². The Morgan fingerprint density at radius 2 is 2.00 bits per heavy atom. The van der Waals surface area contributed by atoms with Gasteiger partial charge in [0.25, 0.3) is 11.3 Å². The third-order valence-corrected chi connectivity index (χ3v) is 5.16. The SMILES string of the molecule is CCc1nc2nc(C3=CCCCCC3)[nH]n2c(=O)c1N1CCNCC1. The largest absolute Gasteiger partial charge is 0.363 e. The maximum Gasteiger partial charge on any atom is 0.297 e. The Morgan fingerprint density at radius 1 is 1.16 bits per heavy atom. The lowest BCUT2D eigenvalue weighted by molar-refractivity contribution is 0.583. The van der Waals surface area contributed by atoms with Crippen molar-refractivity contribution in [3.8, 4) is 0 Å². The molecule has 4 rings (SSSR count). The summed E-state index contributed by atoms with van der Waals surface area (Å²) in [6.07, 6.45) is 8.75. The van der Waals surface area contributed by atoms with Crippen molar-refractivity contribution in [1.82, 2.24) is 24.9 Å². The first-order valence-electron chi connectivity index (χ1n) is 9.44. The van der Waals surface area contributed by atoms with Gasteiger partial charge in [-0.3, -0.25) is 9.89 Å². The number of hydrogen-bond donors (Lipinski definition) is 2. The third-order valence-electron chi connectivity index (χ3n) is 5.16. The molecule has 0 atom stereocenters. The molecule has 3 heterocycles. The summed E-state index contributed by atoms with van der Waals surface area (Å²) in [5.74, 6) is 1.28. The van der Waals surface area contributed by atoms with Gasteiger partial charge in [-0.2, -0.15) is 9.50 Å². The molecule has 0 spiro atoms. The van der Waals surface area contributed by atoms with Crippen molar-refractivity contribution >= 4 is 17.0 Å². The molecule has 1 aliphatic heterocycles. The second-order valence-corrected chi connectivity index (χ2v) is 6.84. The minimum atomic E-state index is -0.0308. The zero-order chi connectivity index (χ0) is 17.2. The number of aromatic nitrogens is 4. The lowest BCUT2D eigenvalue weighted by atomic mass is 10.1. The van der Waals surface area contributed by atoms with E-state index in [2.05, 4.69) is 26.4 Å². The minimum Gasteiger partial charge on any atom is -0.363 e. The third kappa shape index (κ3) is 3.08. The monoisotopic (exact) mass is 342 g/mol. The summed E-state index contributed by atoms with van der Waals surface area (Å²) < 4.78 is 1.53. The van der Waals surface area contributed by atoms with Gasteiger partial charge in [0.15, 0.2) is 5.82 Å². The molecule has 2 N–H and O–H groups in total. The molecule has 1 fully saturated rings. The molecule has 7 heteroatoms. The van der Waals surface area contributed by atoms with E-state index in [9.17, 15) is 4.79 Å². The second kappa shape index (κ2) is 7.00. The number of aryl methyl sites for hydroxylation is 1. The number of nitrogens with zero attached hydrogens (tertiary/aromatic N) is 4. The predicted molar refractivity (Wildman–Crippen MR) is 99.1 cm³/mol. The number of H-pyrrole nitrogens is 1. The Bertz CT molecular complexity index is 843. The van der Waals surface area contributed by atoms with E-state index in [1.165, 1.54) is 29.4 Å². The molecular formula is C18H26N6O. The predicted octanol–water partition coefficient (Wildman–Crippen LogP) is 1.74. The number of allylic oxidation sites excluding steroid dienone is 2. The van der Waals surface area contributed by atoms with Gasteiger partial charge in [-0.25, -0.2) is 4.98 Å². The number of anilines is 1. The molecule has 0 amide bonds. The molecule has 0 bridgehead atoms. The fourth-order valence-electron chi connectivity index (χ4n) is 3.78. The van der Waals surface area contributed by atoms with Crippen LogP contribution in [0.25, 0.3) is 11.4 Å². The molecule has 0 aromatic carbocycles. The molecule has 1 saturated heterocycles. The van der Waals surface area contributed by atoms with E-state index in [-0.39, 0.29) is 5.56 Å². The van der Waals surface area contributed by atoms with Gasteiger partial charge < -0.3 is 10.2 Å². The van der Waals surface area contributed by atoms with Gasteiger partial charge in [0.2, 0.25) is 0 Å². The average molecular weight is 342 g/mol. The van der Waals surface area contributed by atoms with Crippen LogP contribution in [0.5, 0.6) is 0 Å². The Kier molecular flexibility index (Phi) is 4.57. The highest BCUT2D eigenvalue weighted by molar-refractivity contribution is 5.62. The lowest BCUT2D eigenvalue weighted by Gasteiger charge is -2.29. The smallest absolute Gasteiger partial charge is 0.297 e. The number of aromatic amines is 1. The van der Waals surface area contributed by atoms with Crippen molar-refractivity contribution in [3.63, 3.8) is 0 Å². The highest BCUT2D eigenvalue weighted by atomic mass is 16.1. The van der Waals surface area contributed by atoms with Crippen LogP contribution in [0.1, 0.15) is 50.5 Å². The van der Waals surface area contributed by atoms with Gasteiger partial charge in [-0.1, -0.05) is 19.4 Å². The van der Waals surface area contributed by atoms with E-state index in [4.69, 9.17) is 4.98 Å². The standard InChI is InChI=1S/C18H26N6O/c1-2-14-15(23-11-9-19-10-12-23)17(25)24-18(20-14)21-16(22-24)13-7-5-3-4-6-8-13/h7,19H,2-6,8-12H2,1H3,(H,20,21,22). The molecule has 1 aliphatic carbocycles. The summed E-state index contributed by atoms with van der Waals surface area (Å²) in [5, 5.41) is 6.55. The van der Waals surface area contributed by atoms with Gasteiger partial charge >= 0.3 is 0 Å². The van der Waals surface area contributed by atoms with Crippen molar-refractivity contribution in [3.05, 3.63) is 27.9 Å². The molecule has 2 aromatic rings. The summed E-state index contributed by atoms with van der Waals surface area (Å²) in [5.41, 5.74) is 2.76. The van der Waals surface area contributed by atoms with Crippen molar-refractivity contribution in [2.75, 3.05) is 31.1 Å². The normalized spacial score (nSPS) is 19.1. The van der Waals surface area contributed by atoms with Crippen LogP contribution in [0.4, 0.5) is 5.69 Å². The zero-order valence-electron chi connectivity index (χ0n) is 14.8. The number of hydrogen-bond acceptors (Lipinski definition) is 5. The Labute approximate surface area is 147 Å².